The number of halogens is 2. The molecule has 0 atom stereocenters. The van der Waals surface area contributed by atoms with E-state index in [1.54, 1.807) is 6.07 Å². The van der Waals surface area contributed by atoms with E-state index in [0.29, 0.717) is 23.3 Å². The zero-order chi connectivity index (χ0) is 24.2. The molecule has 3 aromatic rings. The lowest BCUT2D eigenvalue weighted by Gasteiger charge is -2.27. The highest BCUT2D eigenvalue weighted by Crippen LogP contribution is 2.27. The van der Waals surface area contributed by atoms with Crippen LogP contribution < -0.4 is 10.1 Å². The molecule has 0 saturated carbocycles. The summed E-state index contributed by atoms with van der Waals surface area (Å²) in [5.74, 6) is 0.194. The van der Waals surface area contributed by atoms with Crippen LogP contribution in [0.15, 0.2) is 53.6 Å². The minimum Gasteiger partial charge on any atom is -0.462 e. The summed E-state index contributed by atoms with van der Waals surface area (Å²) < 4.78 is 60.2. The molecule has 1 N–H and O–H groups in total. The van der Waals surface area contributed by atoms with Crippen molar-refractivity contribution in [1.82, 2.24) is 14.5 Å². The molecule has 0 spiro atoms. The van der Waals surface area contributed by atoms with Gasteiger partial charge in [0.15, 0.2) is 0 Å². The molecule has 1 aromatic heterocycles. The Hall–Kier alpha value is -3.05. The SMILES string of the molecule is CC(C)(C)OC=O.O=S(=O)(c1cccc(OC(F)F)c1)n1ncc2cc(C3CNC3)ccc21. The summed E-state index contributed by atoms with van der Waals surface area (Å²) in [6.45, 7) is 4.69. The van der Waals surface area contributed by atoms with Gasteiger partial charge in [-0.2, -0.15) is 26.4 Å². The molecule has 11 heteroatoms. The third-order valence-corrected chi connectivity index (χ3v) is 6.37. The number of hydrogen-bond donors (Lipinski definition) is 1. The Labute approximate surface area is 190 Å². The number of ether oxygens (including phenoxy) is 2. The summed E-state index contributed by atoms with van der Waals surface area (Å²) in [5, 5.41) is 7.90. The van der Waals surface area contributed by atoms with Crippen LogP contribution in [0.5, 0.6) is 5.75 Å². The van der Waals surface area contributed by atoms with E-state index in [2.05, 4.69) is 19.9 Å². The standard InChI is InChI=1S/C17H15F2N3O3S.C5H10O2/c18-17(19)25-14-2-1-3-15(7-14)26(23,24)22-16-5-4-11(13-8-20-9-13)6-12(16)10-21-22;1-5(2,3)7-4-6/h1-7,10,13,17,20H,8-9H2;4H,1-3H3. The Morgan fingerprint density at radius 1 is 1.18 bits per heavy atom. The van der Waals surface area contributed by atoms with E-state index in [0.717, 1.165) is 28.8 Å². The lowest BCUT2D eigenvalue weighted by molar-refractivity contribution is -0.138. The molecular formula is C22H25F2N3O5S. The maximum atomic E-state index is 12.9. The summed E-state index contributed by atoms with van der Waals surface area (Å²) >= 11 is 0. The minimum atomic E-state index is -4.04. The average Bonchev–Trinajstić information content (AvgIpc) is 3.10. The van der Waals surface area contributed by atoms with E-state index in [-0.39, 0.29) is 16.2 Å². The summed E-state index contributed by atoms with van der Waals surface area (Å²) in [4.78, 5) is 9.43. The Kier molecular flexibility index (Phi) is 7.33. The van der Waals surface area contributed by atoms with Crippen molar-refractivity contribution in [1.29, 1.82) is 0 Å². The van der Waals surface area contributed by atoms with Crippen LogP contribution in [0.3, 0.4) is 0 Å². The lowest BCUT2D eigenvalue weighted by Crippen LogP contribution is -2.39. The first-order valence-electron chi connectivity index (χ1n) is 10.1. The van der Waals surface area contributed by atoms with Gasteiger partial charge in [-0.25, -0.2) is 0 Å². The van der Waals surface area contributed by atoms with Crippen LogP contribution in [0.2, 0.25) is 0 Å². The highest BCUT2D eigenvalue weighted by atomic mass is 32.2. The Balaban J connectivity index is 0.000000383. The van der Waals surface area contributed by atoms with Crippen molar-refractivity contribution in [3.8, 4) is 5.75 Å². The Bertz CT molecular complexity index is 1220. The second-order valence-electron chi connectivity index (χ2n) is 8.35. The number of hydrogen-bond acceptors (Lipinski definition) is 7. The highest BCUT2D eigenvalue weighted by molar-refractivity contribution is 7.90. The van der Waals surface area contributed by atoms with Gasteiger partial charge in [-0.1, -0.05) is 12.1 Å². The zero-order valence-electron chi connectivity index (χ0n) is 18.4. The molecule has 8 nitrogen and oxygen atoms in total. The summed E-state index contributed by atoms with van der Waals surface area (Å²) in [6, 6.07) is 10.5. The molecule has 0 amide bonds. The first kappa shape index (κ1) is 24.6. The van der Waals surface area contributed by atoms with Gasteiger partial charge in [-0.05, 0) is 50.6 Å². The van der Waals surface area contributed by atoms with Crippen molar-refractivity contribution in [2.45, 2.75) is 43.8 Å². The normalized spacial score (nSPS) is 14.4. The number of aromatic nitrogens is 2. The molecule has 1 aliphatic heterocycles. The monoisotopic (exact) mass is 481 g/mol. The first-order chi connectivity index (χ1) is 15.5. The smallest absolute Gasteiger partial charge is 0.387 e. The van der Waals surface area contributed by atoms with Crippen molar-refractivity contribution >= 4 is 27.4 Å². The summed E-state index contributed by atoms with van der Waals surface area (Å²) in [7, 11) is -4.04. The molecule has 4 rings (SSSR count). The highest BCUT2D eigenvalue weighted by Gasteiger charge is 2.23. The van der Waals surface area contributed by atoms with Gasteiger partial charge in [0.1, 0.15) is 11.4 Å². The van der Waals surface area contributed by atoms with Crippen molar-refractivity contribution in [2.75, 3.05) is 13.1 Å². The molecule has 0 radical (unpaired) electrons. The van der Waals surface area contributed by atoms with Gasteiger partial charge in [0.2, 0.25) is 0 Å². The number of nitrogens with zero attached hydrogens (tertiary/aromatic N) is 2. The largest absolute Gasteiger partial charge is 0.462 e. The molecule has 1 fully saturated rings. The van der Waals surface area contributed by atoms with E-state index >= 15 is 0 Å². The van der Waals surface area contributed by atoms with Gasteiger partial charge >= 0.3 is 6.61 Å². The summed E-state index contributed by atoms with van der Waals surface area (Å²) in [5.41, 5.74) is 1.24. The number of rotatable bonds is 6. The molecule has 0 aliphatic carbocycles. The van der Waals surface area contributed by atoms with Gasteiger partial charge < -0.3 is 14.8 Å². The number of carbonyl (C=O) groups is 1. The third kappa shape index (κ3) is 6.05. The quantitative estimate of drug-likeness (QED) is 0.538. The fraction of sp³-hybridized carbons (Fsp3) is 0.364. The predicted octanol–water partition coefficient (Wildman–Crippen LogP) is 3.52. The third-order valence-electron chi connectivity index (χ3n) is 4.77. The predicted molar refractivity (Wildman–Crippen MR) is 118 cm³/mol. The first-order valence-corrected chi connectivity index (χ1v) is 11.6. The number of benzene rings is 2. The second-order valence-corrected chi connectivity index (χ2v) is 10.1. The van der Waals surface area contributed by atoms with Gasteiger partial charge in [0, 0.05) is 30.5 Å². The van der Waals surface area contributed by atoms with Crippen LogP contribution in [0, 0.1) is 0 Å². The number of carbonyl (C=O) groups excluding carboxylic acids is 1. The molecule has 1 saturated heterocycles. The molecule has 2 heterocycles. The van der Waals surface area contributed by atoms with Crippen LogP contribution in [-0.2, 0) is 19.6 Å². The van der Waals surface area contributed by atoms with E-state index in [1.807, 2.05) is 32.9 Å². The topological polar surface area (TPSA) is 99.5 Å². The molecular weight excluding hydrogens is 456 g/mol. The van der Waals surface area contributed by atoms with Crippen LogP contribution in [-0.4, -0.2) is 49.4 Å². The van der Waals surface area contributed by atoms with E-state index in [9.17, 15) is 22.0 Å². The number of nitrogens with one attached hydrogen (secondary N) is 1. The van der Waals surface area contributed by atoms with Gasteiger partial charge in [-0.15, -0.1) is 0 Å². The second kappa shape index (κ2) is 9.84. The molecule has 178 valence electrons. The number of fused-ring (bicyclic) bond motifs is 1. The van der Waals surface area contributed by atoms with Crippen LogP contribution >= 0.6 is 0 Å². The number of alkyl halides is 2. The fourth-order valence-corrected chi connectivity index (χ4v) is 4.36. The van der Waals surface area contributed by atoms with Crippen molar-refractivity contribution in [3.05, 3.63) is 54.2 Å². The van der Waals surface area contributed by atoms with Crippen molar-refractivity contribution in [3.63, 3.8) is 0 Å². The van der Waals surface area contributed by atoms with Crippen molar-refractivity contribution in [2.24, 2.45) is 0 Å². The van der Waals surface area contributed by atoms with E-state index in [1.165, 1.54) is 24.4 Å². The molecule has 2 aromatic carbocycles. The Morgan fingerprint density at radius 3 is 2.45 bits per heavy atom. The van der Waals surface area contributed by atoms with Gasteiger partial charge in [0.25, 0.3) is 16.5 Å². The van der Waals surface area contributed by atoms with Gasteiger partial charge in [-0.3, -0.25) is 4.79 Å². The molecule has 1 aliphatic rings. The maximum Gasteiger partial charge on any atom is 0.387 e. The molecule has 33 heavy (non-hydrogen) atoms. The van der Waals surface area contributed by atoms with Crippen LogP contribution in [0.25, 0.3) is 10.9 Å². The molecule has 0 unspecified atom stereocenters. The lowest BCUT2D eigenvalue weighted by atomic mass is 9.93. The van der Waals surface area contributed by atoms with E-state index in [4.69, 9.17) is 0 Å². The Morgan fingerprint density at radius 2 is 1.91 bits per heavy atom. The fourth-order valence-electron chi connectivity index (χ4n) is 3.05. The van der Waals surface area contributed by atoms with Crippen LogP contribution in [0.1, 0.15) is 32.3 Å². The average molecular weight is 482 g/mol. The van der Waals surface area contributed by atoms with Crippen LogP contribution in [0.4, 0.5) is 8.78 Å². The zero-order valence-corrected chi connectivity index (χ0v) is 19.2. The summed E-state index contributed by atoms with van der Waals surface area (Å²) in [6.07, 6.45) is 1.49. The molecule has 0 bridgehead atoms. The maximum absolute atomic E-state index is 12.9. The van der Waals surface area contributed by atoms with Crippen molar-refractivity contribution < 1.29 is 31.5 Å². The minimum absolute atomic E-state index is 0.173. The van der Waals surface area contributed by atoms with Gasteiger partial charge in [0.05, 0.1) is 16.6 Å². The van der Waals surface area contributed by atoms with E-state index < -0.39 is 16.6 Å².